The molecule has 0 radical (unpaired) electrons. The largest absolute Gasteiger partial charge is 0.399 e. The maximum atomic E-state index is 13.5. The lowest BCUT2D eigenvalue weighted by Crippen LogP contribution is -2.37. The molecule has 1 saturated carbocycles. The Balaban J connectivity index is 1.81. The van der Waals surface area contributed by atoms with Crippen molar-refractivity contribution in [3.63, 3.8) is 0 Å². The highest BCUT2D eigenvalue weighted by atomic mass is 19.1. The van der Waals surface area contributed by atoms with Crippen molar-refractivity contribution < 1.29 is 9.18 Å². The third-order valence-corrected chi connectivity index (χ3v) is 3.93. The third kappa shape index (κ3) is 3.70. The Labute approximate surface area is 119 Å². The average Bonchev–Trinajstić information content (AvgIpc) is 2.95. The number of likely N-dealkylation sites (N-methyl/N-ethyl adjacent to an activating group) is 1. The Hall–Kier alpha value is -1.62. The van der Waals surface area contributed by atoms with Gasteiger partial charge in [-0.25, -0.2) is 4.39 Å². The summed E-state index contributed by atoms with van der Waals surface area (Å²) in [7, 11) is 2.07. The minimum absolute atomic E-state index is 0.00789. The van der Waals surface area contributed by atoms with Crippen LogP contribution in [-0.4, -0.2) is 37.0 Å². The van der Waals surface area contributed by atoms with E-state index in [0.717, 1.165) is 6.54 Å². The van der Waals surface area contributed by atoms with Crippen LogP contribution in [0.5, 0.6) is 0 Å². The molecule has 1 aliphatic carbocycles. The monoisotopic (exact) mass is 279 g/mol. The number of nitrogen functional groups attached to an aromatic ring is 1. The lowest BCUT2D eigenvalue weighted by atomic mass is 10.1. The molecular formula is C15H22FN3O. The van der Waals surface area contributed by atoms with Crippen molar-refractivity contribution in [3.8, 4) is 0 Å². The predicted molar refractivity (Wildman–Crippen MR) is 78.0 cm³/mol. The first-order chi connectivity index (χ1) is 9.58. The molecule has 0 unspecified atom stereocenters. The Morgan fingerprint density at radius 3 is 2.85 bits per heavy atom. The predicted octanol–water partition coefficient (Wildman–Crippen LogP) is 2.01. The molecule has 1 aliphatic rings. The van der Waals surface area contributed by atoms with Gasteiger partial charge in [0.1, 0.15) is 5.82 Å². The quantitative estimate of drug-likeness (QED) is 0.811. The summed E-state index contributed by atoms with van der Waals surface area (Å²) >= 11 is 0. The number of carbonyl (C=O) groups excluding carboxylic acids is 1. The summed E-state index contributed by atoms with van der Waals surface area (Å²) in [4.78, 5) is 14.2. The number of nitrogens with two attached hydrogens (primary N) is 1. The van der Waals surface area contributed by atoms with Crippen LogP contribution < -0.4 is 11.1 Å². The fraction of sp³-hybridized carbons (Fsp3) is 0.533. The summed E-state index contributed by atoms with van der Waals surface area (Å²) in [6, 6.07) is 4.65. The van der Waals surface area contributed by atoms with Crippen LogP contribution in [0, 0.1) is 5.82 Å². The van der Waals surface area contributed by atoms with Crippen molar-refractivity contribution in [2.75, 3.05) is 25.9 Å². The molecule has 5 heteroatoms. The van der Waals surface area contributed by atoms with Gasteiger partial charge in [-0.15, -0.1) is 0 Å². The molecule has 0 spiro atoms. The van der Waals surface area contributed by atoms with Crippen molar-refractivity contribution in [2.24, 2.45) is 0 Å². The molecule has 1 fully saturated rings. The standard InChI is InChI=1S/C15H22FN3O/c1-19(12-4-2-3-5-12)9-8-18-15(20)13-10-11(17)6-7-14(13)16/h6-7,10,12H,2-5,8-9,17H2,1H3,(H,18,20). The molecule has 1 amide bonds. The number of rotatable bonds is 5. The molecule has 0 atom stereocenters. The Morgan fingerprint density at radius 1 is 1.45 bits per heavy atom. The molecule has 1 aromatic carbocycles. The molecule has 3 N–H and O–H groups in total. The summed E-state index contributed by atoms with van der Waals surface area (Å²) in [5.41, 5.74) is 5.97. The van der Waals surface area contributed by atoms with Gasteiger partial charge in [-0.05, 0) is 38.1 Å². The molecule has 0 bridgehead atoms. The Bertz CT molecular complexity index is 472. The molecular weight excluding hydrogens is 257 g/mol. The normalized spacial score (nSPS) is 15.8. The topological polar surface area (TPSA) is 58.4 Å². The van der Waals surface area contributed by atoms with Crippen molar-refractivity contribution in [2.45, 2.75) is 31.7 Å². The minimum atomic E-state index is -0.541. The number of benzene rings is 1. The molecule has 110 valence electrons. The molecule has 2 rings (SSSR count). The summed E-state index contributed by atoms with van der Waals surface area (Å²) in [5, 5.41) is 2.75. The van der Waals surface area contributed by atoms with Gasteiger partial charge < -0.3 is 16.0 Å². The van der Waals surface area contributed by atoms with Crippen LogP contribution in [0.3, 0.4) is 0 Å². The van der Waals surface area contributed by atoms with Crippen LogP contribution in [0.2, 0.25) is 0 Å². The van der Waals surface area contributed by atoms with Gasteiger partial charge in [-0.3, -0.25) is 4.79 Å². The van der Waals surface area contributed by atoms with Gasteiger partial charge in [0.2, 0.25) is 0 Å². The lowest BCUT2D eigenvalue weighted by Gasteiger charge is -2.23. The van der Waals surface area contributed by atoms with E-state index in [1.165, 1.54) is 43.9 Å². The molecule has 0 heterocycles. The van der Waals surface area contributed by atoms with E-state index in [-0.39, 0.29) is 5.56 Å². The van der Waals surface area contributed by atoms with Gasteiger partial charge in [0, 0.05) is 24.8 Å². The zero-order valence-electron chi connectivity index (χ0n) is 11.9. The molecule has 1 aromatic rings. The highest BCUT2D eigenvalue weighted by Crippen LogP contribution is 2.21. The summed E-state index contributed by atoms with van der Waals surface area (Å²) in [5.74, 6) is -0.949. The van der Waals surface area contributed by atoms with Gasteiger partial charge in [0.05, 0.1) is 5.56 Å². The van der Waals surface area contributed by atoms with E-state index < -0.39 is 11.7 Å². The maximum Gasteiger partial charge on any atom is 0.254 e. The molecule has 0 aliphatic heterocycles. The van der Waals surface area contributed by atoms with Crippen LogP contribution in [0.15, 0.2) is 18.2 Å². The summed E-state index contributed by atoms with van der Waals surface area (Å²) in [6.45, 7) is 1.29. The van der Waals surface area contributed by atoms with Gasteiger partial charge >= 0.3 is 0 Å². The van der Waals surface area contributed by atoms with E-state index in [2.05, 4.69) is 17.3 Å². The van der Waals surface area contributed by atoms with Crippen LogP contribution in [0.25, 0.3) is 0 Å². The van der Waals surface area contributed by atoms with Crippen LogP contribution in [0.4, 0.5) is 10.1 Å². The number of hydrogen-bond donors (Lipinski definition) is 2. The molecule has 4 nitrogen and oxygen atoms in total. The molecule has 0 saturated heterocycles. The fourth-order valence-corrected chi connectivity index (χ4v) is 2.69. The van der Waals surface area contributed by atoms with E-state index in [9.17, 15) is 9.18 Å². The number of nitrogens with one attached hydrogen (secondary N) is 1. The number of amides is 1. The lowest BCUT2D eigenvalue weighted by molar-refractivity contribution is 0.0943. The average molecular weight is 279 g/mol. The van der Waals surface area contributed by atoms with Crippen LogP contribution >= 0.6 is 0 Å². The van der Waals surface area contributed by atoms with Crippen molar-refractivity contribution in [3.05, 3.63) is 29.6 Å². The molecule has 20 heavy (non-hydrogen) atoms. The van der Waals surface area contributed by atoms with Gasteiger partial charge in [0.15, 0.2) is 0 Å². The SMILES string of the molecule is CN(CCNC(=O)c1cc(N)ccc1F)C1CCCC1. The van der Waals surface area contributed by atoms with E-state index in [0.29, 0.717) is 18.3 Å². The van der Waals surface area contributed by atoms with Gasteiger partial charge in [0.25, 0.3) is 5.91 Å². The number of nitrogens with zero attached hydrogens (tertiary/aromatic N) is 1. The number of hydrogen-bond acceptors (Lipinski definition) is 3. The zero-order valence-corrected chi connectivity index (χ0v) is 11.9. The van der Waals surface area contributed by atoms with Crippen molar-refractivity contribution in [1.29, 1.82) is 0 Å². The zero-order chi connectivity index (χ0) is 14.5. The van der Waals surface area contributed by atoms with Crippen LogP contribution in [0.1, 0.15) is 36.0 Å². The first kappa shape index (κ1) is 14.8. The number of anilines is 1. The first-order valence-corrected chi connectivity index (χ1v) is 7.11. The summed E-state index contributed by atoms with van der Waals surface area (Å²) in [6.07, 6.45) is 5.04. The van der Waals surface area contributed by atoms with E-state index in [1.54, 1.807) is 0 Å². The highest BCUT2D eigenvalue weighted by molar-refractivity contribution is 5.95. The third-order valence-electron chi connectivity index (χ3n) is 3.93. The highest BCUT2D eigenvalue weighted by Gasteiger charge is 2.19. The fourth-order valence-electron chi connectivity index (χ4n) is 2.69. The second-order valence-corrected chi connectivity index (χ2v) is 5.41. The van der Waals surface area contributed by atoms with Crippen molar-refractivity contribution in [1.82, 2.24) is 10.2 Å². The van der Waals surface area contributed by atoms with Crippen molar-refractivity contribution >= 4 is 11.6 Å². The summed E-state index contributed by atoms with van der Waals surface area (Å²) < 4.78 is 13.5. The number of carbonyl (C=O) groups is 1. The Morgan fingerprint density at radius 2 is 2.15 bits per heavy atom. The van der Waals surface area contributed by atoms with Gasteiger partial charge in [-0.1, -0.05) is 12.8 Å². The number of halogens is 1. The Kier molecular flexibility index (Phi) is 4.95. The van der Waals surface area contributed by atoms with Gasteiger partial charge in [-0.2, -0.15) is 0 Å². The maximum absolute atomic E-state index is 13.5. The smallest absolute Gasteiger partial charge is 0.254 e. The van der Waals surface area contributed by atoms with Crippen LogP contribution in [-0.2, 0) is 0 Å². The first-order valence-electron chi connectivity index (χ1n) is 7.11. The molecule has 0 aromatic heterocycles. The van der Waals surface area contributed by atoms with E-state index in [4.69, 9.17) is 5.73 Å². The van der Waals surface area contributed by atoms with E-state index in [1.807, 2.05) is 0 Å². The second kappa shape index (κ2) is 6.70. The minimum Gasteiger partial charge on any atom is -0.399 e. The second-order valence-electron chi connectivity index (χ2n) is 5.41. The van der Waals surface area contributed by atoms with E-state index >= 15 is 0 Å².